The smallest absolute Gasteiger partial charge is 0.407 e. The summed E-state index contributed by atoms with van der Waals surface area (Å²) in [6.45, 7) is 5.56. The average Bonchev–Trinajstić information content (AvgIpc) is 3.62. The molecule has 1 aliphatic carbocycles. The van der Waals surface area contributed by atoms with Crippen LogP contribution in [0, 0.1) is 6.92 Å². The molecule has 4 saturated heterocycles. The van der Waals surface area contributed by atoms with Gasteiger partial charge in [0.15, 0.2) is 12.0 Å². The molecule has 2 bridgehead atoms. The zero-order chi connectivity index (χ0) is 36.3. The molecule has 0 radical (unpaired) electrons. The molecule has 280 valence electrons. The molecule has 2 unspecified atom stereocenters. The van der Waals surface area contributed by atoms with Crippen LogP contribution in [0.15, 0.2) is 54.7 Å². The van der Waals surface area contributed by atoms with Gasteiger partial charge in [-0.05, 0) is 85.8 Å². The van der Waals surface area contributed by atoms with Crippen LogP contribution < -0.4 is 14.4 Å². The van der Waals surface area contributed by atoms with E-state index in [-0.39, 0.29) is 24.4 Å². The third-order valence-corrected chi connectivity index (χ3v) is 12.0. The maximum atomic E-state index is 12.1. The van der Waals surface area contributed by atoms with Crippen molar-refractivity contribution in [2.75, 3.05) is 37.8 Å². The summed E-state index contributed by atoms with van der Waals surface area (Å²) in [5, 5.41) is 16.8. The highest BCUT2D eigenvalue weighted by atomic mass is 16.5. The van der Waals surface area contributed by atoms with Crippen molar-refractivity contribution in [3.63, 3.8) is 0 Å². The van der Waals surface area contributed by atoms with Gasteiger partial charge in [0.05, 0.1) is 37.0 Å². The SMILES string of the molecule is Cc1ccc2c(cnn2C2CCCCO2)c1-c1c(C2CC2)cc2c(N3C[C@@H]4CC3CN4C(=O)O)nc(OC3CCOCC3)nc2c1OCc1ccccc1. The number of ether oxygens (including phenoxy) is 4. The molecule has 5 fully saturated rings. The largest absolute Gasteiger partial charge is 0.486 e. The summed E-state index contributed by atoms with van der Waals surface area (Å²) in [6.07, 6.45) is 8.58. The number of carbonyl (C=O) groups is 1. The van der Waals surface area contributed by atoms with Crippen LogP contribution in [-0.4, -0.2) is 86.9 Å². The molecule has 12 heteroatoms. The molecule has 2 aromatic heterocycles. The van der Waals surface area contributed by atoms with Crippen LogP contribution in [0.5, 0.6) is 11.8 Å². The highest BCUT2D eigenvalue weighted by molar-refractivity contribution is 6.06. The lowest BCUT2D eigenvalue weighted by atomic mass is 9.89. The Morgan fingerprint density at radius 3 is 2.52 bits per heavy atom. The van der Waals surface area contributed by atoms with E-state index in [1.54, 1.807) is 4.90 Å². The number of carboxylic acid groups (broad SMARTS) is 1. The predicted octanol–water partition coefficient (Wildman–Crippen LogP) is 7.61. The number of hydrogen-bond acceptors (Lipinski definition) is 9. The van der Waals surface area contributed by atoms with Crippen molar-refractivity contribution in [2.24, 2.45) is 0 Å². The number of rotatable bonds is 9. The van der Waals surface area contributed by atoms with Crippen LogP contribution in [0.4, 0.5) is 10.6 Å². The van der Waals surface area contributed by atoms with Gasteiger partial charge in [-0.15, -0.1) is 0 Å². The van der Waals surface area contributed by atoms with Crippen LogP contribution in [0.3, 0.4) is 0 Å². The fourth-order valence-corrected chi connectivity index (χ4v) is 9.15. The number of nitrogens with zero attached hydrogens (tertiary/aromatic N) is 6. The Balaban J connectivity index is 1.20. The number of fused-ring (bicyclic) bond motifs is 4. The second kappa shape index (κ2) is 13.7. The molecule has 4 aliphatic heterocycles. The fraction of sp³-hybridized carbons (Fsp3) is 0.476. The first-order chi connectivity index (χ1) is 26.5. The summed E-state index contributed by atoms with van der Waals surface area (Å²) in [5.74, 6) is 1.86. The molecule has 3 atom stereocenters. The third-order valence-electron chi connectivity index (χ3n) is 12.0. The number of benzene rings is 3. The second-order valence-corrected chi connectivity index (χ2v) is 15.6. The Labute approximate surface area is 314 Å². The van der Waals surface area contributed by atoms with E-state index in [0.717, 1.165) is 102 Å². The van der Waals surface area contributed by atoms with Gasteiger partial charge in [0.25, 0.3) is 0 Å². The van der Waals surface area contributed by atoms with E-state index in [4.69, 9.17) is 34.0 Å². The van der Waals surface area contributed by atoms with Gasteiger partial charge in [0.1, 0.15) is 24.0 Å². The molecule has 1 saturated carbocycles. The third kappa shape index (κ3) is 5.99. The predicted molar refractivity (Wildman–Crippen MR) is 203 cm³/mol. The van der Waals surface area contributed by atoms with Gasteiger partial charge in [-0.1, -0.05) is 36.4 Å². The normalized spacial score (nSPS) is 23.1. The maximum Gasteiger partial charge on any atom is 0.407 e. The minimum absolute atomic E-state index is 0.0155. The van der Waals surface area contributed by atoms with E-state index in [1.165, 1.54) is 5.56 Å². The van der Waals surface area contributed by atoms with E-state index in [0.29, 0.717) is 56.1 Å². The van der Waals surface area contributed by atoms with Crippen molar-refractivity contribution in [2.45, 2.75) is 95.2 Å². The van der Waals surface area contributed by atoms with Gasteiger partial charge < -0.3 is 33.9 Å². The molecule has 1 N–H and O–H groups in total. The summed E-state index contributed by atoms with van der Waals surface area (Å²) in [4.78, 5) is 26.4. The summed E-state index contributed by atoms with van der Waals surface area (Å²) < 4.78 is 27.6. The van der Waals surface area contributed by atoms with Crippen LogP contribution in [0.25, 0.3) is 32.9 Å². The number of aromatic nitrogens is 4. The number of likely N-dealkylation sites (tertiary alicyclic amines) is 1. The van der Waals surface area contributed by atoms with Crippen LogP contribution in [-0.2, 0) is 16.1 Å². The molecule has 0 spiro atoms. The Kier molecular flexibility index (Phi) is 8.54. The zero-order valence-corrected chi connectivity index (χ0v) is 30.7. The fourth-order valence-electron chi connectivity index (χ4n) is 9.15. The minimum Gasteiger partial charge on any atom is -0.486 e. The first-order valence-corrected chi connectivity index (χ1v) is 19.6. The number of anilines is 1. The lowest BCUT2D eigenvalue weighted by molar-refractivity contribution is -0.0366. The Bertz CT molecular complexity index is 2210. The monoisotopic (exact) mass is 730 g/mol. The van der Waals surface area contributed by atoms with Crippen molar-refractivity contribution < 1.29 is 28.8 Å². The Morgan fingerprint density at radius 2 is 1.78 bits per heavy atom. The van der Waals surface area contributed by atoms with Gasteiger partial charge in [-0.3, -0.25) is 0 Å². The van der Waals surface area contributed by atoms with Crippen LogP contribution in [0.2, 0.25) is 0 Å². The molecule has 10 rings (SSSR count). The van der Waals surface area contributed by atoms with Crippen molar-refractivity contribution in [1.29, 1.82) is 0 Å². The van der Waals surface area contributed by atoms with Crippen LogP contribution >= 0.6 is 0 Å². The van der Waals surface area contributed by atoms with Crippen molar-refractivity contribution in [1.82, 2.24) is 24.6 Å². The second-order valence-electron chi connectivity index (χ2n) is 15.6. The topological polar surface area (TPSA) is 124 Å². The van der Waals surface area contributed by atoms with E-state index < -0.39 is 6.09 Å². The summed E-state index contributed by atoms with van der Waals surface area (Å²) in [6, 6.07) is 17.2. The quantitative estimate of drug-likeness (QED) is 0.162. The van der Waals surface area contributed by atoms with Crippen LogP contribution in [0.1, 0.15) is 80.2 Å². The average molecular weight is 731 g/mol. The molecular weight excluding hydrogens is 684 g/mol. The first-order valence-electron chi connectivity index (χ1n) is 19.6. The lowest BCUT2D eigenvalue weighted by Crippen LogP contribution is -2.48. The van der Waals surface area contributed by atoms with E-state index in [2.05, 4.69) is 46.8 Å². The van der Waals surface area contributed by atoms with Crippen molar-refractivity contribution in [3.05, 3.63) is 71.4 Å². The summed E-state index contributed by atoms with van der Waals surface area (Å²) >= 11 is 0. The Morgan fingerprint density at radius 1 is 0.926 bits per heavy atom. The Hall–Kier alpha value is -4.94. The zero-order valence-electron chi connectivity index (χ0n) is 30.7. The molecule has 6 heterocycles. The number of hydrogen-bond donors (Lipinski definition) is 1. The minimum atomic E-state index is -0.863. The molecule has 12 nitrogen and oxygen atoms in total. The molecule has 1 amide bonds. The highest BCUT2D eigenvalue weighted by Crippen LogP contribution is 2.53. The lowest BCUT2D eigenvalue weighted by Gasteiger charge is -2.34. The van der Waals surface area contributed by atoms with E-state index in [1.807, 2.05) is 24.4 Å². The summed E-state index contributed by atoms with van der Waals surface area (Å²) in [7, 11) is 0. The van der Waals surface area contributed by atoms with E-state index in [9.17, 15) is 9.90 Å². The molecule has 54 heavy (non-hydrogen) atoms. The molecular formula is C42H46N6O6. The van der Waals surface area contributed by atoms with E-state index >= 15 is 0 Å². The van der Waals surface area contributed by atoms with Gasteiger partial charge in [-0.2, -0.15) is 15.1 Å². The number of amides is 1. The van der Waals surface area contributed by atoms with Gasteiger partial charge in [0, 0.05) is 48.9 Å². The first kappa shape index (κ1) is 33.6. The van der Waals surface area contributed by atoms with Crippen molar-refractivity contribution in [3.8, 4) is 22.9 Å². The number of piperazine rings is 1. The highest BCUT2D eigenvalue weighted by Gasteiger charge is 2.47. The standard InChI is InChI=1S/C42H46N6O6/c1-25-10-13-34-33(21-43-48(34)35-9-5-6-16-52-35)36(25)37-31(27-11-12-27)20-32-38(39(37)53-24-26-7-3-2-4-8-26)44-41(54-30-14-17-51-18-15-30)45-40(32)46-22-29-19-28(46)23-47(29)42(49)50/h2-4,7-8,10,13,20-21,27-30,35H,5-6,9,11-12,14-19,22-24H2,1H3,(H,49,50)/t28?,29-,35?/m0/s1. The van der Waals surface area contributed by atoms with Gasteiger partial charge in [-0.25, -0.2) is 9.48 Å². The molecule has 5 aliphatic rings. The number of aryl methyl sites for hydroxylation is 1. The molecule has 3 aromatic carbocycles. The maximum absolute atomic E-state index is 12.1. The van der Waals surface area contributed by atoms with Crippen molar-refractivity contribution >= 4 is 33.7 Å². The van der Waals surface area contributed by atoms with Gasteiger partial charge in [0.2, 0.25) is 0 Å². The van der Waals surface area contributed by atoms with Gasteiger partial charge >= 0.3 is 12.1 Å². The summed E-state index contributed by atoms with van der Waals surface area (Å²) in [5.41, 5.74) is 7.32. The molecule has 5 aromatic rings.